The summed E-state index contributed by atoms with van der Waals surface area (Å²) in [5, 5.41) is 5.39. The third-order valence-electron chi connectivity index (χ3n) is 11.6. The Kier molecular flexibility index (Phi) is 11.4. The van der Waals surface area contributed by atoms with Gasteiger partial charge < -0.3 is 44.6 Å². The summed E-state index contributed by atoms with van der Waals surface area (Å²) in [6.07, 6.45) is 6.28. The second kappa shape index (κ2) is 16.3. The number of methoxy groups -OCH3 is 2. The van der Waals surface area contributed by atoms with Crippen LogP contribution in [0.4, 0.5) is 9.59 Å². The van der Waals surface area contributed by atoms with Gasteiger partial charge in [0.25, 0.3) is 0 Å². The van der Waals surface area contributed by atoms with E-state index in [9.17, 15) is 19.2 Å². The van der Waals surface area contributed by atoms with Crippen LogP contribution in [0.2, 0.25) is 0 Å². The molecule has 2 aromatic heterocycles. The first-order valence-electron chi connectivity index (χ1n) is 20.2. The third kappa shape index (κ3) is 7.87. The molecule has 4 atom stereocenters. The Morgan fingerprint density at radius 3 is 1.65 bits per heavy atom. The summed E-state index contributed by atoms with van der Waals surface area (Å²) in [5.41, 5.74) is 7.02. The van der Waals surface area contributed by atoms with Gasteiger partial charge in [-0.3, -0.25) is 9.59 Å². The van der Waals surface area contributed by atoms with Crippen LogP contribution in [0.15, 0.2) is 72.1 Å². The third-order valence-corrected chi connectivity index (χ3v) is 11.6. The molecule has 4 amide bonds. The molecule has 4 N–H and O–H groups in total. The molecule has 0 bridgehead atoms. The molecule has 0 fully saturated rings. The summed E-state index contributed by atoms with van der Waals surface area (Å²) in [6.45, 7) is 16.7. The smallest absolute Gasteiger partial charge is 0.407 e. The van der Waals surface area contributed by atoms with Crippen molar-refractivity contribution >= 4 is 24.0 Å². The van der Waals surface area contributed by atoms with Crippen molar-refractivity contribution in [1.29, 1.82) is 0 Å². The number of aromatic amines is 2. The van der Waals surface area contributed by atoms with Crippen molar-refractivity contribution in [3.63, 3.8) is 0 Å². The molecular weight excluding hydrogens is 765 g/mol. The van der Waals surface area contributed by atoms with E-state index in [2.05, 4.69) is 46.6 Å². The summed E-state index contributed by atoms with van der Waals surface area (Å²) < 4.78 is 16.2. The Morgan fingerprint density at radius 1 is 0.717 bits per heavy atom. The van der Waals surface area contributed by atoms with Crippen LogP contribution in [0.25, 0.3) is 22.5 Å². The number of hydrogen-bond acceptors (Lipinski definition) is 9. The maximum Gasteiger partial charge on any atom is 0.407 e. The van der Waals surface area contributed by atoms with Gasteiger partial charge in [-0.2, -0.15) is 0 Å². The molecule has 0 saturated heterocycles. The summed E-state index contributed by atoms with van der Waals surface area (Å²) >= 11 is 0. The zero-order valence-electron chi connectivity index (χ0n) is 35.8. The molecule has 3 aliphatic rings. The fourth-order valence-corrected chi connectivity index (χ4v) is 8.29. The lowest BCUT2D eigenvalue weighted by atomic mass is 9.75. The maximum absolute atomic E-state index is 13.8. The van der Waals surface area contributed by atoms with E-state index >= 15 is 0 Å². The first kappa shape index (κ1) is 41.8. The van der Waals surface area contributed by atoms with E-state index in [1.54, 1.807) is 22.2 Å². The van der Waals surface area contributed by atoms with E-state index in [4.69, 9.17) is 24.2 Å². The minimum atomic E-state index is -0.755. The summed E-state index contributed by atoms with van der Waals surface area (Å²) in [6, 6.07) is 9.84. The van der Waals surface area contributed by atoms with Gasteiger partial charge in [-0.15, -0.1) is 0 Å². The lowest BCUT2D eigenvalue weighted by Gasteiger charge is -2.35. The molecule has 15 heteroatoms. The van der Waals surface area contributed by atoms with Gasteiger partial charge in [0, 0.05) is 40.8 Å². The van der Waals surface area contributed by atoms with Crippen molar-refractivity contribution in [2.24, 2.45) is 11.8 Å². The van der Waals surface area contributed by atoms with Crippen molar-refractivity contribution in [1.82, 2.24) is 40.4 Å². The SMILES string of the molecule is COC(=O)N[C@H](C(=O)N1CC(C)=C[C@H]1c1ncc(-c2ccc3c(c2)Oc2ccc(-c4cnc([C@@H]5C=C(C)CN5C(=O)[C@@H](NC(=O)OC)C(C)C)[nH]4)cc2C3(C)C)[nH]1)C(C)C. The van der Waals surface area contributed by atoms with Gasteiger partial charge in [0.05, 0.1) is 38.0 Å². The number of imidazole rings is 2. The highest BCUT2D eigenvalue weighted by Gasteiger charge is 2.39. The predicted octanol–water partition coefficient (Wildman–Crippen LogP) is 7.32. The number of ether oxygens (including phenoxy) is 3. The normalized spacial score (nSPS) is 18.9. The van der Waals surface area contributed by atoms with Gasteiger partial charge in [0.15, 0.2) is 0 Å². The Hall–Kier alpha value is -6.38. The van der Waals surface area contributed by atoms with E-state index in [1.165, 1.54) is 14.2 Å². The largest absolute Gasteiger partial charge is 0.457 e. The van der Waals surface area contributed by atoms with E-state index < -0.39 is 41.8 Å². The number of H-pyrrole nitrogens is 2. The van der Waals surface area contributed by atoms with Crippen LogP contribution in [0.1, 0.15) is 90.2 Å². The number of hydrogen-bond donors (Lipinski definition) is 4. The van der Waals surface area contributed by atoms with Crippen molar-refractivity contribution < 1.29 is 33.4 Å². The first-order chi connectivity index (χ1) is 28.5. The molecular formula is C45H54N8O7. The van der Waals surface area contributed by atoms with Crippen molar-refractivity contribution in [2.75, 3.05) is 27.3 Å². The lowest BCUT2D eigenvalue weighted by Crippen LogP contribution is -2.51. The highest BCUT2D eigenvalue weighted by Crippen LogP contribution is 2.50. The standard InChI is InChI=1S/C45H54N8O7/c1-23(2)37(50-43(56)58-9)41(54)52-21-25(5)15-33(52)39-46-19-31(48-39)27-12-14-35-30(17-27)45(7,8)29-13-11-28(18-36(29)60-35)32-20-47-40(49-32)34-16-26(6)22-53(34)42(55)38(24(3)4)51-44(57)59-10/h11-20,23-24,33-34,37-38H,21-22H2,1-10H3,(H,46,48)(H,47,49)(H,50,56)(H,51,57)/t33-,34-,37-,38-/m0/s1. The number of alkyl carbamates (subject to hydrolysis) is 2. The average Bonchev–Trinajstić information content (AvgIpc) is 4.04. The highest BCUT2D eigenvalue weighted by molar-refractivity contribution is 5.88. The van der Waals surface area contributed by atoms with Gasteiger partial charge in [-0.25, -0.2) is 19.6 Å². The van der Waals surface area contributed by atoms with Gasteiger partial charge in [0.1, 0.15) is 47.3 Å². The second-order valence-electron chi connectivity index (χ2n) is 17.1. The Morgan fingerprint density at radius 2 is 1.18 bits per heavy atom. The Bertz CT molecular complexity index is 2390. The van der Waals surface area contributed by atoms with E-state index in [-0.39, 0.29) is 23.7 Å². The number of aromatic nitrogens is 4. The number of fused-ring (bicyclic) bond motifs is 2. The second-order valence-corrected chi connectivity index (χ2v) is 17.1. The molecule has 7 rings (SSSR count). The van der Waals surface area contributed by atoms with Crippen LogP contribution < -0.4 is 15.4 Å². The summed E-state index contributed by atoms with van der Waals surface area (Å²) in [4.78, 5) is 71.5. The van der Waals surface area contributed by atoms with Crippen molar-refractivity contribution in [3.05, 3.63) is 94.9 Å². The number of rotatable bonds is 10. The zero-order valence-corrected chi connectivity index (χ0v) is 35.8. The lowest BCUT2D eigenvalue weighted by molar-refractivity contribution is -0.135. The minimum absolute atomic E-state index is 0.155. The molecule has 0 unspecified atom stereocenters. The number of amides is 4. The monoisotopic (exact) mass is 818 g/mol. The number of carbonyl (C=O) groups excluding carboxylic acids is 4. The van der Waals surface area contributed by atoms with Crippen LogP contribution >= 0.6 is 0 Å². The number of nitrogens with one attached hydrogen (secondary N) is 4. The highest BCUT2D eigenvalue weighted by atomic mass is 16.5. The van der Waals surface area contributed by atoms with Crippen LogP contribution in [-0.2, 0) is 24.5 Å². The molecule has 0 aliphatic carbocycles. The van der Waals surface area contributed by atoms with Crippen LogP contribution in [-0.4, -0.2) is 93.1 Å². The average molecular weight is 819 g/mol. The van der Waals surface area contributed by atoms with Crippen LogP contribution in [0, 0.1) is 11.8 Å². The van der Waals surface area contributed by atoms with Gasteiger partial charge >= 0.3 is 12.2 Å². The zero-order chi connectivity index (χ0) is 43.2. The summed E-state index contributed by atoms with van der Waals surface area (Å²) in [7, 11) is 2.56. The maximum atomic E-state index is 13.8. The topological polar surface area (TPSA) is 184 Å². The Balaban J connectivity index is 1.10. The molecule has 15 nitrogen and oxygen atoms in total. The first-order valence-corrected chi connectivity index (χ1v) is 20.2. The van der Waals surface area contributed by atoms with E-state index in [0.29, 0.717) is 24.7 Å². The Labute approximate surface area is 350 Å². The molecule has 4 aromatic rings. The van der Waals surface area contributed by atoms with E-state index in [0.717, 1.165) is 56.3 Å². The van der Waals surface area contributed by atoms with Crippen LogP contribution in [0.3, 0.4) is 0 Å². The fourth-order valence-electron chi connectivity index (χ4n) is 8.29. The molecule has 2 aromatic carbocycles. The fraction of sp³-hybridized carbons (Fsp3) is 0.422. The molecule has 0 spiro atoms. The molecule has 0 radical (unpaired) electrons. The van der Waals surface area contributed by atoms with Gasteiger partial charge in [-0.05, 0) is 49.9 Å². The van der Waals surface area contributed by atoms with Crippen molar-refractivity contribution in [2.45, 2.75) is 85.0 Å². The molecule has 3 aliphatic heterocycles. The van der Waals surface area contributed by atoms with Gasteiger partial charge in [-0.1, -0.05) is 77.0 Å². The number of nitrogens with zero attached hydrogens (tertiary/aromatic N) is 4. The van der Waals surface area contributed by atoms with Crippen molar-refractivity contribution in [3.8, 4) is 34.0 Å². The molecule has 5 heterocycles. The predicted molar refractivity (Wildman–Crippen MR) is 225 cm³/mol. The minimum Gasteiger partial charge on any atom is -0.457 e. The van der Waals surface area contributed by atoms with E-state index in [1.807, 2.05) is 78.0 Å². The molecule has 60 heavy (non-hydrogen) atoms. The molecule has 0 saturated carbocycles. The summed E-state index contributed by atoms with van der Waals surface area (Å²) in [5.74, 6) is 1.98. The quantitative estimate of drug-likeness (QED) is 0.119. The number of benzene rings is 2. The number of carbonyl (C=O) groups is 4. The van der Waals surface area contributed by atoms with Gasteiger partial charge in [0.2, 0.25) is 11.8 Å². The van der Waals surface area contributed by atoms with Crippen LogP contribution in [0.5, 0.6) is 11.5 Å². The molecule has 316 valence electrons.